The summed E-state index contributed by atoms with van der Waals surface area (Å²) in [6.07, 6.45) is 5.55. The van der Waals surface area contributed by atoms with Gasteiger partial charge in [0, 0.05) is 32.3 Å². The summed E-state index contributed by atoms with van der Waals surface area (Å²) in [5.41, 5.74) is 2.09. The van der Waals surface area contributed by atoms with Crippen LogP contribution in [0.15, 0.2) is 18.5 Å². The predicted octanol–water partition coefficient (Wildman–Crippen LogP) is 2.36. The lowest BCUT2D eigenvalue weighted by atomic mass is 9.83. The Morgan fingerprint density at radius 2 is 2.00 bits per heavy atom. The molecular weight excluding hydrogens is 226 g/mol. The van der Waals surface area contributed by atoms with Crippen molar-refractivity contribution in [3.8, 4) is 0 Å². The minimum atomic E-state index is -0.0422. The fraction of sp³-hybridized carbons (Fsp3) is 0.643. The van der Waals surface area contributed by atoms with Crippen molar-refractivity contribution >= 4 is 11.4 Å². The molecule has 0 saturated carbocycles. The summed E-state index contributed by atoms with van der Waals surface area (Å²) in [7, 11) is 4.03. The minimum absolute atomic E-state index is 0.0422. The first kappa shape index (κ1) is 14.8. The molecule has 1 rings (SSSR count). The Morgan fingerprint density at radius 3 is 2.50 bits per heavy atom. The third kappa shape index (κ3) is 3.35. The number of aromatic nitrogens is 1. The van der Waals surface area contributed by atoms with Crippen LogP contribution in [0.25, 0.3) is 0 Å². The van der Waals surface area contributed by atoms with Crippen LogP contribution < -0.4 is 10.2 Å². The fourth-order valence-electron chi connectivity index (χ4n) is 1.98. The second kappa shape index (κ2) is 6.59. The van der Waals surface area contributed by atoms with Gasteiger partial charge in [0.2, 0.25) is 0 Å². The molecule has 0 atom stereocenters. The lowest BCUT2D eigenvalue weighted by molar-refractivity contribution is 0.127. The average Bonchev–Trinajstić information content (AvgIpc) is 2.41. The maximum Gasteiger partial charge on any atom is 0.0764 e. The van der Waals surface area contributed by atoms with E-state index in [0.29, 0.717) is 0 Å². The summed E-state index contributed by atoms with van der Waals surface area (Å²) in [5.74, 6) is 0. The van der Waals surface area contributed by atoms with Crippen molar-refractivity contribution in [3.05, 3.63) is 18.5 Å². The molecule has 0 fully saturated rings. The van der Waals surface area contributed by atoms with Gasteiger partial charge in [0.15, 0.2) is 0 Å². The zero-order valence-electron chi connectivity index (χ0n) is 11.9. The highest BCUT2D eigenvalue weighted by Crippen LogP contribution is 2.28. The van der Waals surface area contributed by atoms with Crippen LogP contribution in [0.2, 0.25) is 0 Å². The van der Waals surface area contributed by atoms with E-state index in [1.165, 1.54) is 0 Å². The molecule has 4 nitrogen and oxygen atoms in total. The summed E-state index contributed by atoms with van der Waals surface area (Å²) in [5, 5.41) is 13.0. The summed E-state index contributed by atoms with van der Waals surface area (Å²) in [6.45, 7) is 5.22. The standard InChI is InChI=1S/C14H25N3O/c1-5-14(6-2,11-18)10-16-12-9-15-8-7-13(12)17(3)4/h7-9,16,18H,5-6,10-11H2,1-4H3. The molecule has 0 spiro atoms. The summed E-state index contributed by atoms with van der Waals surface area (Å²) >= 11 is 0. The number of hydrogen-bond donors (Lipinski definition) is 2. The van der Waals surface area contributed by atoms with E-state index in [2.05, 4.69) is 29.0 Å². The molecule has 4 heteroatoms. The van der Waals surface area contributed by atoms with Gasteiger partial charge in [-0.2, -0.15) is 0 Å². The zero-order chi connectivity index (χ0) is 13.6. The molecule has 2 N–H and O–H groups in total. The lowest BCUT2D eigenvalue weighted by Gasteiger charge is -2.30. The molecule has 0 unspecified atom stereocenters. The molecule has 0 aromatic carbocycles. The lowest BCUT2D eigenvalue weighted by Crippen LogP contribution is -2.32. The third-order valence-corrected chi connectivity index (χ3v) is 3.77. The number of nitrogens with one attached hydrogen (secondary N) is 1. The Hall–Kier alpha value is -1.29. The largest absolute Gasteiger partial charge is 0.396 e. The molecule has 18 heavy (non-hydrogen) atoms. The molecular formula is C14H25N3O. The van der Waals surface area contributed by atoms with Gasteiger partial charge < -0.3 is 15.3 Å². The number of nitrogens with zero attached hydrogens (tertiary/aromatic N) is 2. The van der Waals surface area contributed by atoms with Crippen LogP contribution in [0.4, 0.5) is 11.4 Å². The monoisotopic (exact) mass is 251 g/mol. The molecule has 0 aliphatic rings. The predicted molar refractivity (Wildman–Crippen MR) is 77.2 cm³/mol. The van der Waals surface area contributed by atoms with Crippen molar-refractivity contribution in [1.82, 2.24) is 4.98 Å². The van der Waals surface area contributed by atoms with Gasteiger partial charge in [-0.15, -0.1) is 0 Å². The van der Waals surface area contributed by atoms with Crippen LogP contribution in [0, 0.1) is 5.41 Å². The van der Waals surface area contributed by atoms with E-state index in [-0.39, 0.29) is 12.0 Å². The molecule has 1 aromatic rings. The van der Waals surface area contributed by atoms with Gasteiger partial charge in [-0.05, 0) is 18.9 Å². The molecule has 102 valence electrons. The first-order valence-electron chi connectivity index (χ1n) is 6.54. The smallest absolute Gasteiger partial charge is 0.0764 e. The van der Waals surface area contributed by atoms with Crippen molar-refractivity contribution in [2.75, 3.05) is 37.5 Å². The van der Waals surface area contributed by atoms with Gasteiger partial charge >= 0.3 is 0 Å². The van der Waals surface area contributed by atoms with Crippen LogP contribution in [0.5, 0.6) is 0 Å². The van der Waals surface area contributed by atoms with Gasteiger partial charge in [-0.25, -0.2) is 0 Å². The van der Waals surface area contributed by atoms with Gasteiger partial charge in [0.1, 0.15) is 0 Å². The Morgan fingerprint density at radius 1 is 1.33 bits per heavy atom. The van der Waals surface area contributed by atoms with E-state index in [4.69, 9.17) is 0 Å². The van der Waals surface area contributed by atoms with Gasteiger partial charge in [0.05, 0.1) is 24.2 Å². The third-order valence-electron chi connectivity index (χ3n) is 3.77. The number of aliphatic hydroxyl groups is 1. The number of hydrogen-bond acceptors (Lipinski definition) is 4. The molecule has 0 amide bonds. The molecule has 0 bridgehead atoms. The maximum absolute atomic E-state index is 9.57. The zero-order valence-corrected chi connectivity index (χ0v) is 11.9. The van der Waals surface area contributed by atoms with Crippen molar-refractivity contribution in [3.63, 3.8) is 0 Å². The van der Waals surface area contributed by atoms with Gasteiger partial charge in [-0.1, -0.05) is 13.8 Å². The normalized spacial score (nSPS) is 11.4. The van der Waals surface area contributed by atoms with Crippen molar-refractivity contribution in [2.24, 2.45) is 5.41 Å². The van der Waals surface area contributed by atoms with Crippen molar-refractivity contribution in [1.29, 1.82) is 0 Å². The highest BCUT2D eigenvalue weighted by Gasteiger charge is 2.25. The van der Waals surface area contributed by atoms with Crippen LogP contribution in [0.1, 0.15) is 26.7 Å². The van der Waals surface area contributed by atoms with Crippen molar-refractivity contribution in [2.45, 2.75) is 26.7 Å². The highest BCUT2D eigenvalue weighted by atomic mass is 16.3. The van der Waals surface area contributed by atoms with E-state index in [1.54, 1.807) is 6.20 Å². The van der Waals surface area contributed by atoms with E-state index in [1.807, 2.05) is 26.4 Å². The second-order valence-electron chi connectivity index (χ2n) is 5.01. The Bertz CT molecular complexity index is 354. The van der Waals surface area contributed by atoms with Gasteiger partial charge in [-0.3, -0.25) is 4.98 Å². The van der Waals surface area contributed by atoms with Crippen LogP contribution in [-0.4, -0.2) is 37.3 Å². The molecule has 0 aliphatic carbocycles. The summed E-state index contributed by atoms with van der Waals surface area (Å²) in [6, 6.07) is 1.99. The molecule has 0 saturated heterocycles. The number of aliphatic hydroxyl groups excluding tert-OH is 1. The highest BCUT2D eigenvalue weighted by molar-refractivity contribution is 5.68. The molecule has 1 heterocycles. The Kier molecular flexibility index (Phi) is 5.41. The van der Waals surface area contributed by atoms with Gasteiger partial charge in [0.25, 0.3) is 0 Å². The second-order valence-corrected chi connectivity index (χ2v) is 5.01. The van der Waals surface area contributed by atoms with E-state index >= 15 is 0 Å². The number of anilines is 2. The average molecular weight is 251 g/mol. The summed E-state index contributed by atoms with van der Waals surface area (Å²) in [4.78, 5) is 6.21. The molecule has 0 aliphatic heterocycles. The number of pyridine rings is 1. The van der Waals surface area contributed by atoms with Crippen LogP contribution in [-0.2, 0) is 0 Å². The number of rotatable bonds is 7. The fourth-order valence-corrected chi connectivity index (χ4v) is 1.98. The van der Waals surface area contributed by atoms with E-state index in [9.17, 15) is 5.11 Å². The maximum atomic E-state index is 9.57. The first-order chi connectivity index (χ1) is 8.58. The summed E-state index contributed by atoms with van der Waals surface area (Å²) < 4.78 is 0. The van der Waals surface area contributed by atoms with E-state index in [0.717, 1.165) is 30.8 Å². The molecule has 1 aromatic heterocycles. The Labute approximate surface area is 110 Å². The topological polar surface area (TPSA) is 48.4 Å². The molecule has 0 radical (unpaired) electrons. The van der Waals surface area contributed by atoms with Crippen LogP contribution >= 0.6 is 0 Å². The van der Waals surface area contributed by atoms with Crippen LogP contribution in [0.3, 0.4) is 0 Å². The Balaban J connectivity index is 2.79. The SMILES string of the molecule is CCC(CC)(CO)CNc1cnccc1N(C)C. The first-order valence-corrected chi connectivity index (χ1v) is 6.54. The minimum Gasteiger partial charge on any atom is -0.396 e. The quantitative estimate of drug-likeness (QED) is 0.781. The van der Waals surface area contributed by atoms with Crippen molar-refractivity contribution < 1.29 is 5.11 Å². The van der Waals surface area contributed by atoms with E-state index < -0.39 is 0 Å².